The van der Waals surface area contributed by atoms with Gasteiger partial charge in [0.1, 0.15) is 0 Å². The van der Waals surface area contributed by atoms with Gasteiger partial charge >= 0.3 is 5.97 Å². The van der Waals surface area contributed by atoms with E-state index in [4.69, 9.17) is 5.11 Å². The van der Waals surface area contributed by atoms with Crippen LogP contribution in [0.5, 0.6) is 0 Å². The lowest BCUT2D eigenvalue weighted by atomic mass is 9.83. The number of hydrogen-bond donors (Lipinski definition) is 1. The number of nitrogens with zero attached hydrogens (tertiary/aromatic N) is 1. The van der Waals surface area contributed by atoms with Crippen molar-refractivity contribution in [2.45, 2.75) is 47.0 Å². The van der Waals surface area contributed by atoms with Gasteiger partial charge in [-0.05, 0) is 36.6 Å². The molecule has 0 bridgehead atoms. The van der Waals surface area contributed by atoms with Crippen molar-refractivity contribution < 1.29 is 9.90 Å². The van der Waals surface area contributed by atoms with Crippen molar-refractivity contribution in [1.82, 2.24) is 4.90 Å². The fourth-order valence-electron chi connectivity index (χ4n) is 2.81. The Morgan fingerprint density at radius 1 is 1.47 bits per heavy atom. The maximum atomic E-state index is 10.7. The van der Waals surface area contributed by atoms with Gasteiger partial charge in [-0.1, -0.05) is 27.7 Å². The van der Waals surface area contributed by atoms with Crippen LogP contribution in [0.4, 0.5) is 0 Å². The molecule has 2 unspecified atom stereocenters. The molecule has 1 heterocycles. The molecule has 0 aromatic rings. The molecule has 1 N–H and O–H groups in total. The minimum Gasteiger partial charge on any atom is -0.481 e. The van der Waals surface area contributed by atoms with Crippen LogP contribution in [0, 0.1) is 17.3 Å². The van der Waals surface area contributed by atoms with Gasteiger partial charge in [0.25, 0.3) is 0 Å². The van der Waals surface area contributed by atoms with E-state index in [9.17, 15) is 4.79 Å². The van der Waals surface area contributed by atoms with Crippen LogP contribution in [-0.2, 0) is 4.79 Å². The second-order valence-electron chi connectivity index (χ2n) is 6.77. The van der Waals surface area contributed by atoms with Crippen molar-refractivity contribution >= 4 is 5.97 Å². The van der Waals surface area contributed by atoms with E-state index in [1.54, 1.807) is 0 Å². The zero-order valence-corrected chi connectivity index (χ0v) is 11.7. The molecule has 0 amide bonds. The summed E-state index contributed by atoms with van der Waals surface area (Å²) in [6, 6.07) is 0. The molecule has 1 aliphatic heterocycles. The van der Waals surface area contributed by atoms with Gasteiger partial charge in [-0.25, -0.2) is 0 Å². The van der Waals surface area contributed by atoms with Crippen molar-refractivity contribution in [2.24, 2.45) is 17.3 Å². The maximum Gasteiger partial charge on any atom is 0.303 e. The summed E-state index contributed by atoms with van der Waals surface area (Å²) in [5, 5.41) is 8.85. The number of piperidine rings is 1. The van der Waals surface area contributed by atoms with Gasteiger partial charge in [-0.3, -0.25) is 4.79 Å². The average molecular weight is 241 g/mol. The minimum absolute atomic E-state index is 0.301. The molecule has 1 aliphatic rings. The summed E-state index contributed by atoms with van der Waals surface area (Å²) >= 11 is 0. The Bertz CT molecular complexity index is 257. The van der Waals surface area contributed by atoms with E-state index in [2.05, 4.69) is 32.6 Å². The van der Waals surface area contributed by atoms with Gasteiger partial charge in [-0.2, -0.15) is 0 Å². The van der Waals surface area contributed by atoms with Crippen LogP contribution in [0.2, 0.25) is 0 Å². The highest BCUT2D eigenvalue weighted by molar-refractivity contribution is 5.66. The van der Waals surface area contributed by atoms with Gasteiger partial charge in [-0.15, -0.1) is 0 Å². The number of rotatable bonds is 4. The first kappa shape index (κ1) is 14.5. The third-order valence-electron chi connectivity index (χ3n) is 3.54. The Labute approximate surface area is 105 Å². The monoisotopic (exact) mass is 241 g/mol. The standard InChI is InChI=1S/C14H27NO2/c1-11(8-13(16)17)12-6-5-7-15(9-12)10-14(2,3)4/h11-12H,5-10H2,1-4H3,(H,16,17). The second-order valence-corrected chi connectivity index (χ2v) is 6.77. The Kier molecular flexibility index (Phi) is 4.99. The number of aliphatic carboxylic acids is 1. The number of likely N-dealkylation sites (tertiary alicyclic amines) is 1. The Morgan fingerprint density at radius 3 is 2.65 bits per heavy atom. The van der Waals surface area contributed by atoms with E-state index in [0.29, 0.717) is 23.7 Å². The normalized spacial score (nSPS) is 24.6. The highest BCUT2D eigenvalue weighted by Crippen LogP contribution is 2.28. The number of carboxylic acid groups (broad SMARTS) is 1. The van der Waals surface area contributed by atoms with Crippen LogP contribution in [0.15, 0.2) is 0 Å². The maximum absolute atomic E-state index is 10.7. The first-order chi connectivity index (χ1) is 7.78. The highest BCUT2D eigenvalue weighted by Gasteiger charge is 2.27. The molecule has 3 heteroatoms. The van der Waals surface area contributed by atoms with Crippen LogP contribution in [0.3, 0.4) is 0 Å². The predicted octanol–water partition coefficient (Wildman–Crippen LogP) is 2.86. The van der Waals surface area contributed by atoms with Gasteiger partial charge < -0.3 is 10.0 Å². The third kappa shape index (κ3) is 5.53. The molecule has 0 aliphatic carbocycles. The lowest BCUT2D eigenvalue weighted by Crippen LogP contribution is -2.42. The number of hydrogen-bond acceptors (Lipinski definition) is 2. The summed E-state index contributed by atoms with van der Waals surface area (Å²) in [6.45, 7) is 12.2. The van der Waals surface area contributed by atoms with Crippen LogP contribution in [-0.4, -0.2) is 35.6 Å². The third-order valence-corrected chi connectivity index (χ3v) is 3.54. The molecule has 100 valence electrons. The molecule has 1 fully saturated rings. The summed E-state index contributed by atoms with van der Waals surface area (Å²) in [4.78, 5) is 13.3. The van der Waals surface area contributed by atoms with Crippen molar-refractivity contribution in [3.8, 4) is 0 Å². The molecule has 0 radical (unpaired) electrons. The molecular formula is C14H27NO2. The lowest BCUT2D eigenvalue weighted by Gasteiger charge is -2.38. The first-order valence-electron chi connectivity index (χ1n) is 6.72. The molecular weight excluding hydrogens is 214 g/mol. The summed E-state index contributed by atoms with van der Waals surface area (Å²) in [7, 11) is 0. The number of carboxylic acids is 1. The van der Waals surface area contributed by atoms with E-state index in [1.807, 2.05) is 0 Å². The molecule has 17 heavy (non-hydrogen) atoms. The quantitative estimate of drug-likeness (QED) is 0.822. The Morgan fingerprint density at radius 2 is 2.12 bits per heavy atom. The molecule has 0 aromatic carbocycles. The van der Waals surface area contributed by atoms with E-state index >= 15 is 0 Å². The van der Waals surface area contributed by atoms with Crippen LogP contribution in [0.25, 0.3) is 0 Å². The fourth-order valence-corrected chi connectivity index (χ4v) is 2.81. The van der Waals surface area contributed by atoms with E-state index < -0.39 is 5.97 Å². The van der Waals surface area contributed by atoms with Crippen molar-refractivity contribution in [3.05, 3.63) is 0 Å². The van der Waals surface area contributed by atoms with Gasteiger partial charge in [0.2, 0.25) is 0 Å². The first-order valence-corrected chi connectivity index (χ1v) is 6.72. The molecule has 2 atom stereocenters. The summed E-state index contributed by atoms with van der Waals surface area (Å²) in [5.74, 6) is 0.197. The Hall–Kier alpha value is -0.570. The minimum atomic E-state index is -0.662. The summed E-state index contributed by atoms with van der Waals surface area (Å²) in [6.07, 6.45) is 2.72. The molecule has 0 spiro atoms. The van der Waals surface area contributed by atoms with Gasteiger partial charge in [0.15, 0.2) is 0 Å². The lowest BCUT2D eigenvalue weighted by molar-refractivity contribution is -0.138. The zero-order valence-electron chi connectivity index (χ0n) is 11.7. The Balaban J connectivity index is 2.45. The smallest absolute Gasteiger partial charge is 0.303 e. The fraction of sp³-hybridized carbons (Fsp3) is 0.929. The van der Waals surface area contributed by atoms with Crippen LogP contribution < -0.4 is 0 Å². The van der Waals surface area contributed by atoms with Gasteiger partial charge in [0, 0.05) is 19.5 Å². The van der Waals surface area contributed by atoms with Gasteiger partial charge in [0.05, 0.1) is 0 Å². The van der Waals surface area contributed by atoms with Crippen LogP contribution in [0.1, 0.15) is 47.0 Å². The van der Waals surface area contributed by atoms with E-state index in [-0.39, 0.29) is 0 Å². The molecule has 0 saturated carbocycles. The molecule has 0 aromatic heterocycles. The van der Waals surface area contributed by atoms with E-state index in [0.717, 1.165) is 13.1 Å². The van der Waals surface area contributed by atoms with Crippen molar-refractivity contribution in [2.75, 3.05) is 19.6 Å². The van der Waals surface area contributed by atoms with Crippen LogP contribution >= 0.6 is 0 Å². The summed E-state index contributed by atoms with van der Waals surface area (Å²) < 4.78 is 0. The van der Waals surface area contributed by atoms with Crippen molar-refractivity contribution in [3.63, 3.8) is 0 Å². The zero-order chi connectivity index (χ0) is 13.1. The SMILES string of the molecule is CC(CC(=O)O)C1CCCN(CC(C)(C)C)C1. The number of carbonyl (C=O) groups is 1. The highest BCUT2D eigenvalue weighted by atomic mass is 16.4. The average Bonchev–Trinajstić information content (AvgIpc) is 2.14. The summed E-state index contributed by atoms with van der Waals surface area (Å²) in [5.41, 5.74) is 0.331. The largest absolute Gasteiger partial charge is 0.481 e. The molecule has 1 saturated heterocycles. The molecule has 1 rings (SSSR count). The second kappa shape index (κ2) is 5.85. The molecule has 3 nitrogen and oxygen atoms in total. The predicted molar refractivity (Wildman–Crippen MR) is 70.0 cm³/mol. The van der Waals surface area contributed by atoms with E-state index in [1.165, 1.54) is 19.4 Å². The van der Waals surface area contributed by atoms with Crippen molar-refractivity contribution in [1.29, 1.82) is 0 Å². The topological polar surface area (TPSA) is 40.5 Å².